The summed E-state index contributed by atoms with van der Waals surface area (Å²) in [7, 11) is 0. The molecule has 2 nitrogen and oxygen atoms in total. The molecule has 0 fully saturated rings. The van der Waals surface area contributed by atoms with Crippen LogP contribution in [0.15, 0.2) is 16.6 Å². The molecule has 1 aromatic carbocycles. The number of hydrogen-bond donors (Lipinski definition) is 0. The average molecular weight is 346 g/mol. The van der Waals surface area contributed by atoms with Crippen molar-refractivity contribution in [1.82, 2.24) is 9.97 Å². The van der Waals surface area contributed by atoms with Crippen molar-refractivity contribution in [3.05, 3.63) is 44.7 Å². The lowest BCUT2D eigenvalue weighted by molar-refractivity contribution is 0.572. The molecule has 0 aliphatic heterocycles. The second-order valence-corrected chi connectivity index (χ2v) is 5.52. The van der Waals surface area contributed by atoms with Crippen LogP contribution in [0.2, 0.25) is 5.15 Å². The minimum atomic E-state index is -0.685. The predicted molar refractivity (Wildman–Crippen MR) is 72.1 cm³/mol. The SMILES string of the molecule is Fc1cc(-c2nc(Cl)c3c(n2)CCC3)cc(F)c1Br. The molecule has 6 heteroatoms. The number of aromatic nitrogens is 2. The maximum Gasteiger partial charge on any atom is 0.161 e. The molecule has 2 aromatic rings. The van der Waals surface area contributed by atoms with Crippen LogP contribution in [0.25, 0.3) is 11.4 Å². The van der Waals surface area contributed by atoms with Crippen LogP contribution in [0.4, 0.5) is 8.78 Å². The summed E-state index contributed by atoms with van der Waals surface area (Å²) in [6.07, 6.45) is 2.67. The maximum atomic E-state index is 13.5. The number of hydrogen-bond acceptors (Lipinski definition) is 2. The standard InChI is InChI=1S/C13H8BrClF2N2/c14-11-8(16)4-6(5-9(11)17)13-18-10-3-1-2-7(10)12(15)19-13/h4-5H,1-3H2. The Morgan fingerprint density at radius 3 is 2.47 bits per heavy atom. The molecule has 0 bridgehead atoms. The Balaban J connectivity index is 2.15. The van der Waals surface area contributed by atoms with E-state index in [1.807, 2.05) is 0 Å². The highest BCUT2D eigenvalue weighted by Gasteiger charge is 2.20. The zero-order valence-electron chi connectivity index (χ0n) is 9.68. The largest absolute Gasteiger partial charge is 0.233 e. The molecular formula is C13H8BrClF2N2. The van der Waals surface area contributed by atoms with Gasteiger partial charge in [-0.3, -0.25) is 0 Å². The van der Waals surface area contributed by atoms with Gasteiger partial charge in [-0.1, -0.05) is 11.6 Å². The molecule has 0 saturated heterocycles. The van der Waals surface area contributed by atoms with Crippen LogP contribution in [0.5, 0.6) is 0 Å². The summed E-state index contributed by atoms with van der Waals surface area (Å²) in [5.41, 5.74) is 2.11. The van der Waals surface area contributed by atoms with E-state index in [-0.39, 0.29) is 15.9 Å². The molecule has 0 atom stereocenters. The van der Waals surface area contributed by atoms with Gasteiger partial charge in [0.1, 0.15) is 16.8 Å². The van der Waals surface area contributed by atoms with Gasteiger partial charge in [-0.05, 0) is 47.3 Å². The van der Waals surface area contributed by atoms with E-state index in [0.29, 0.717) is 5.15 Å². The van der Waals surface area contributed by atoms with Crippen molar-refractivity contribution in [3.63, 3.8) is 0 Å². The van der Waals surface area contributed by atoms with Gasteiger partial charge >= 0.3 is 0 Å². The van der Waals surface area contributed by atoms with Gasteiger partial charge in [0.2, 0.25) is 0 Å². The van der Waals surface area contributed by atoms with Gasteiger partial charge in [0, 0.05) is 16.8 Å². The van der Waals surface area contributed by atoms with Gasteiger partial charge in [0.15, 0.2) is 5.82 Å². The fourth-order valence-corrected chi connectivity index (χ4v) is 2.71. The van der Waals surface area contributed by atoms with E-state index >= 15 is 0 Å². The van der Waals surface area contributed by atoms with Crippen molar-refractivity contribution < 1.29 is 8.78 Å². The first-order chi connectivity index (χ1) is 9.06. The molecular weight excluding hydrogens is 338 g/mol. The number of aryl methyl sites for hydroxylation is 1. The normalized spacial score (nSPS) is 13.7. The van der Waals surface area contributed by atoms with Crippen LogP contribution in [0.3, 0.4) is 0 Å². The first kappa shape index (κ1) is 12.9. The van der Waals surface area contributed by atoms with Crippen LogP contribution in [-0.2, 0) is 12.8 Å². The molecule has 1 aliphatic rings. The van der Waals surface area contributed by atoms with Crippen LogP contribution >= 0.6 is 27.5 Å². The van der Waals surface area contributed by atoms with Crippen molar-refractivity contribution in [2.75, 3.05) is 0 Å². The molecule has 1 aliphatic carbocycles. The highest BCUT2D eigenvalue weighted by Crippen LogP contribution is 2.30. The van der Waals surface area contributed by atoms with Crippen molar-refractivity contribution in [1.29, 1.82) is 0 Å². The minimum Gasteiger partial charge on any atom is -0.233 e. The highest BCUT2D eigenvalue weighted by molar-refractivity contribution is 9.10. The van der Waals surface area contributed by atoms with Gasteiger partial charge in [0.05, 0.1) is 4.47 Å². The first-order valence-electron chi connectivity index (χ1n) is 5.76. The summed E-state index contributed by atoms with van der Waals surface area (Å²) in [6, 6.07) is 2.39. The topological polar surface area (TPSA) is 25.8 Å². The van der Waals surface area contributed by atoms with E-state index in [0.717, 1.165) is 30.5 Å². The van der Waals surface area contributed by atoms with Crippen LogP contribution in [0.1, 0.15) is 17.7 Å². The molecule has 0 spiro atoms. The lowest BCUT2D eigenvalue weighted by atomic mass is 10.2. The van der Waals surface area contributed by atoms with Crippen molar-refractivity contribution in [3.8, 4) is 11.4 Å². The third-order valence-corrected chi connectivity index (χ3v) is 4.19. The van der Waals surface area contributed by atoms with E-state index in [9.17, 15) is 8.78 Å². The summed E-state index contributed by atoms with van der Waals surface area (Å²) in [5, 5.41) is 0.376. The van der Waals surface area contributed by atoms with Crippen LogP contribution < -0.4 is 0 Å². The molecule has 0 N–H and O–H groups in total. The summed E-state index contributed by atoms with van der Waals surface area (Å²) in [4.78, 5) is 8.48. The molecule has 19 heavy (non-hydrogen) atoms. The van der Waals surface area contributed by atoms with Crippen molar-refractivity contribution in [2.24, 2.45) is 0 Å². The lowest BCUT2D eigenvalue weighted by Gasteiger charge is -2.07. The molecule has 1 heterocycles. The van der Waals surface area contributed by atoms with Gasteiger partial charge < -0.3 is 0 Å². The van der Waals surface area contributed by atoms with E-state index in [1.165, 1.54) is 12.1 Å². The van der Waals surface area contributed by atoms with E-state index in [2.05, 4.69) is 25.9 Å². The molecule has 0 radical (unpaired) electrons. The molecule has 0 unspecified atom stereocenters. The second kappa shape index (κ2) is 4.80. The highest BCUT2D eigenvalue weighted by atomic mass is 79.9. The number of rotatable bonds is 1. The number of fused-ring (bicyclic) bond motifs is 1. The van der Waals surface area contributed by atoms with Gasteiger partial charge in [-0.2, -0.15) is 0 Å². The zero-order chi connectivity index (χ0) is 13.6. The summed E-state index contributed by atoms with van der Waals surface area (Å²) < 4.78 is 26.9. The summed E-state index contributed by atoms with van der Waals surface area (Å²) >= 11 is 8.92. The van der Waals surface area contributed by atoms with Crippen LogP contribution in [0, 0.1) is 11.6 Å². The average Bonchev–Trinajstić information content (AvgIpc) is 2.84. The van der Waals surface area contributed by atoms with E-state index in [1.54, 1.807) is 0 Å². The monoisotopic (exact) mass is 344 g/mol. The zero-order valence-corrected chi connectivity index (χ0v) is 12.0. The van der Waals surface area contributed by atoms with E-state index in [4.69, 9.17) is 11.6 Å². The maximum absolute atomic E-state index is 13.5. The number of nitrogens with zero attached hydrogens (tertiary/aromatic N) is 2. The fourth-order valence-electron chi connectivity index (χ4n) is 2.20. The Hall–Kier alpha value is -1.07. The second-order valence-electron chi connectivity index (χ2n) is 4.37. The third-order valence-electron chi connectivity index (χ3n) is 3.12. The number of halogens is 4. The Morgan fingerprint density at radius 2 is 1.79 bits per heavy atom. The quantitative estimate of drug-likeness (QED) is 0.568. The Bertz CT molecular complexity index is 653. The third kappa shape index (κ3) is 2.25. The smallest absolute Gasteiger partial charge is 0.161 e. The Kier molecular flexibility index (Phi) is 3.27. The predicted octanol–water partition coefficient (Wildman–Crippen LogP) is 4.33. The van der Waals surface area contributed by atoms with Gasteiger partial charge in [-0.15, -0.1) is 0 Å². The van der Waals surface area contributed by atoms with Gasteiger partial charge in [0.25, 0.3) is 0 Å². The lowest BCUT2D eigenvalue weighted by Crippen LogP contribution is -1.98. The van der Waals surface area contributed by atoms with Crippen molar-refractivity contribution >= 4 is 27.5 Å². The molecule has 98 valence electrons. The van der Waals surface area contributed by atoms with E-state index < -0.39 is 11.6 Å². The first-order valence-corrected chi connectivity index (χ1v) is 6.93. The molecule has 0 saturated carbocycles. The summed E-state index contributed by atoms with van der Waals surface area (Å²) in [5.74, 6) is -1.11. The molecule has 1 aromatic heterocycles. The number of benzene rings is 1. The minimum absolute atomic E-state index is 0.191. The van der Waals surface area contributed by atoms with Crippen molar-refractivity contribution in [2.45, 2.75) is 19.3 Å². The fraction of sp³-hybridized carbons (Fsp3) is 0.231. The summed E-state index contributed by atoms with van der Waals surface area (Å²) in [6.45, 7) is 0. The van der Waals surface area contributed by atoms with Gasteiger partial charge in [-0.25, -0.2) is 18.7 Å². The van der Waals surface area contributed by atoms with Crippen LogP contribution in [-0.4, -0.2) is 9.97 Å². The Morgan fingerprint density at radius 1 is 1.11 bits per heavy atom. The molecule has 3 rings (SSSR count). The Labute approximate surface area is 122 Å². The molecule has 0 amide bonds.